The molecule has 2 amide bonds. The van der Waals surface area contributed by atoms with Crippen LogP contribution in [0.5, 0.6) is 5.75 Å². The minimum absolute atomic E-state index is 0.0130. The number of carbonyl (C=O) groups is 2. The molecule has 3 fully saturated rings. The predicted octanol–water partition coefficient (Wildman–Crippen LogP) is 9.12. The maximum Gasteiger partial charge on any atom is 0.418 e. The van der Waals surface area contributed by atoms with Gasteiger partial charge in [0.1, 0.15) is 17.4 Å². The first-order valence-corrected chi connectivity index (χ1v) is 26.4. The van der Waals surface area contributed by atoms with Crippen molar-refractivity contribution in [1.29, 1.82) is 0 Å². The van der Waals surface area contributed by atoms with E-state index < -0.39 is 45.2 Å². The van der Waals surface area contributed by atoms with E-state index in [9.17, 15) is 41.5 Å². The van der Waals surface area contributed by atoms with Gasteiger partial charge in [0.05, 0.1) is 34.8 Å². The number of nitrogens with one attached hydrogen (secondary N) is 2. The smallest absolute Gasteiger partial charge is 0.418 e. The summed E-state index contributed by atoms with van der Waals surface area (Å²) < 4.78 is 75.6. The number of H-pyrrole nitrogens is 1. The van der Waals surface area contributed by atoms with Gasteiger partial charge in [-0.05, 0) is 143 Å². The molecule has 2 aromatic heterocycles. The van der Waals surface area contributed by atoms with E-state index in [2.05, 4.69) is 18.3 Å². The fraction of sp³-hybridized carbons (Fsp3) is 0.500. The molecule has 15 nitrogen and oxygen atoms in total. The molecular weight excluding hydrogens is 940 g/mol. The number of halogens is 3. The van der Waals surface area contributed by atoms with Crippen LogP contribution in [-0.4, -0.2) is 102 Å². The number of hydrogen-bond acceptors (Lipinski definition) is 11. The number of anilines is 1. The largest absolute Gasteiger partial charge is 0.496 e. The van der Waals surface area contributed by atoms with Crippen LogP contribution in [0.25, 0.3) is 16.6 Å². The van der Waals surface area contributed by atoms with Crippen molar-refractivity contribution in [3.8, 4) is 11.4 Å². The number of hydrogen-bond donors (Lipinski definition) is 4. The Morgan fingerprint density at radius 2 is 1.63 bits per heavy atom. The van der Waals surface area contributed by atoms with Gasteiger partial charge in [-0.25, -0.2) is 14.8 Å². The van der Waals surface area contributed by atoms with Crippen molar-refractivity contribution in [3.63, 3.8) is 0 Å². The molecule has 71 heavy (non-hydrogen) atoms. The van der Waals surface area contributed by atoms with Crippen molar-refractivity contribution in [2.24, 2.45) is 17.8 Å². The van der Waals surface area contributed by atoms with Crippen LogP contribution >= 0.6 is 10.6 Å². The first-order valence-electron chi connectivity index (χ1n) is 24.7. The summed E-state index contributed by atoms with van der Waals surface area (Å²) in [5.41, 5.74) is 0.457. The zero-order valence-corrected chi connectivity index (χ0v) is 41.1. The monoisotopic (exact) mass is 1000 g/mol. The highest BCUT2D eigenvalue weighted by Gasteiger charge is 2.37. The summed E-state index contributed by atoms with van der Waals surface area (Å²) in [7, 11) is -1.09. The lowest BCUT2D eigenvalue weighted by Gasteiger charge is -2.36. The molecule has 5 heterocycles. The van der Waals surface area contributed by atoms with Gasteiger partial charge in [0.25, 0.3) is 11.5 Å². The van der Waals surface area contributed by atoms with Gasteiger partial charge in [-0.2, -0.15) is 23.8 Å². The van der Waals surface area contributed by atoms with Gasteiger partial charge in [-0.15, -0.1) is 0 Å². The van der Waals surface area contributed by atoms with Crippen molar-refractivity contribution in [2.45, 2.75) is 101 Å². The first kappa shape index (κ1) is 50.2. The number of piperidine rings is 2. The van der Waals surface area contributed by atoms with Crippen molar-refractivity contribution in [3.05, 3.63) is 115 Å². The highest BCUT2D eigenvalue weighted by atomic mass is 32.3. The third-order valence-electron chi connectivity index (χ3n) is 15.1. The molecule has 3 aromatic carbocycles. The molecular formula is C52H62F3N7O8S. The number of carbonyl (C=O) groups excluding carboxylic acids is 2. The fourth-order valence-corrected chi connectivity index (χ4v) is 12.8. The molecule has 9 rings (SSSR count). The van der Waals surface area contributed by atoms with Crippen LogP contribution in [0.3, 0.4) is 0 Å². The second kappa shape index (κ2) is 20.8. The Balaban J connectivity index is 0.720. The summed E-state index contributed by atoms with van der Waals surface area (Å²) in [5, 5.41) is 4.52. The molecule has 4 N–H and O–H groups in total. The highest BCUT2D eigenvalue weighted by Crippen LogP contribution is 2.56. The standard InChI is InChI=1S/C52H62F3N7O8S/c1-31(38-5-4-6-46-39(38)19-26-71(46,67)68)56-48-41-28-40(45(69-3)29-43(41)57-32(2)58-48)35-7-9-36(10-8-35)49(64)60-20-13-33(14-21-60)18-25-70-30-34-15-22-61(23-16-34)50(65)37-11-12-42(52(53,54)55)44(27-37)62-24-17-47(63)59-51(62)66/h4-6,11-12,17,24,27-29,31,33-36,67-68H,7-10,13-16,18-23,25-26,30H2,1-3H3,(H,56,57,58)(H,59,63,66)/t31-,35?,36?/m1/s1. The number of ether oxygens (including phenoxy) is 2. The van der Waals surface area contributed by atoms with Crippen LogP contribution < -0.4 is 21.3 Å². The Labute approximate surface area is 411 Å². The second-order valence-electron chi connectivity index (χ2n) is 19.7. The van der Waals surface area contributed by atoms with Crippen LogP contribution in [0, 0.1) is 24.7 Å². The Kier molecular flexibility index (Phi) is 14.7. The molecule has 1 aliphatic carbocycles. The van der Waals surface area contributed by atoms with E-state index in [-0.39, 0.29) is 35.3 Å². The SMILES string of the molecule is COc1cc2nc(C)nc(N[C@H](C)c3cccc4c3CCS4(O)O)c2cc1C1CCC(C(=O)N2CCC(CCOCC3CCN(C(=O)c4ccc(C(F)(F)F)c(-n5ccc(=O)[nH]c5=O)c4)CC3)CC2)CC1. The summed E-state index contributed by atoms with van der Waals surface area (Å²) in [5.74, 6) is 3.15. The van der Waals surface area contributed by atoms with Gasteiger partial charge in [-0.1, -0.05) is 12.1 Å². The molecule has 0 spiro atoms. The number of rotatable bonds is 13. The molecule has 0 bridgehead atoms. The lowest BCUT2D eigenvalue weighted by atomic mass is 9.77. The molecule has 19 heteroatoms. The van der Waals surface area contributed by atoms with Crippen molar-refractivity contribution in [1.82, 2.24) is 29.3 Å². The molecule has 1 saturated carbocycles. The molecule has 3 aliphatic heterocycles. The Morgan fingerprint density at radius 1 is 0.915 bits per heavy atom. The van der Waals surface area contributed by atoms with Gasteiger partial charge in [0.15, 0.2) is 0 Å². The molecule has 0 radical (unpaired) electrons. The minimum Gasteiger partial charge on any atom is -0.496 e. The molecule has 380 valence electrons. The van der Waals surface area contributed by atoms with Gasteiger partial charge in [0, 0.05) is 80.3 Å². The topological polar surface area (TPSA) is 192 Å². The number of amides is 2. The van der Waals surface area contributed by atoms with Gasteiger partial charge < -0.3 is 24.6 Å². The number of alkyl halides is 3. The van der Waals surface area contributed by atoms with Crippen molar-refractivity contribution < 1.29 is 41.3 Å². The number of aryl methyl sites for hydroxylation is 1. The van der Waals surface area contributed by atoms with E-state index in [4.69, 9.17) is 19.4 Å². The average molecular weight is 1000 g/mol. The normalized spacial score (nSPS) is 20.7. The quantitative estimate of drug-likeness (QED) is 0.0823. The molecule has 1 atom stereocenters. The lowest BCUT2D eigenvalue weighted by Crippen LogP contribution is -2.42. The van der Waals surface area contributed by atoms with E-state index in [1.807, 2.05) is 41.1 Å². The molecule has 0 unspecified atom stereocenters. The maximum atomic E-state index is 13.9. The predicted molar refractivity (Wildman–Crippen MR) is 265 cm³/mol. The minimum atomic E-state index is -4.80. The number of nitrogens with zero attached hydrogens (tertiary/aromatic N) is 5. The number of benzene rings is 3. The van der Waals surface area contributed by atoms with E-state index >= 15 is 0 Å². The van der Waals surface area contributed by atoms with Crippen molar-refractivity contribution in [2.75, 3.05) is 57.6 Å². The summed E-state index contributed by atoms with van der Waals surface area (Å²) in [6, 6.07) is 13.6. The molecule has 4 aliphatic rings. The van der Waals surface area contributed by atoms with Crippen LogP contribution in [-0.2, 0) is 22.1 Å². The van der Waals surface area contributed by atoms with Crippen LogP contribution in [0.15, 0.2) is 75.3 Å². The second-order valence-corrected chi connectivity index (χ2v) is 21.8. The first-order chi connectivity index (χ1) is 34.0. The lowest BCUT2D eigenvalue weighted by molar-refractivity contribution is -0.138. The Bertz CT molecular complexity index is 2900. The third-order valence-corrected chi connectivity index (χ3v) is 17.0. The number of aromatic amines is 1. The zero-order chi connectivity index (χ0) is 50.2. The van der Waals surface area contributed by atoms with Crippen LogP contribution in [0.4, 0.5) is 19.0 Å². The fourth-order valence-electron chi connectivity index (χ4n) is 11.1. The number of likely N-dealkylation sites (tertiary alicyclic amines) is 2. The van der Waals surface area contributed by atoms with E-state index in [1.165, 1.54) is 0 Å². The van der Waals surface area contributed by atoms with Gasteiger partial charge >= 0.3 is 11.9 Å². The summed E-state index contributed by atoms with van der Waals surface area (Å²) in [6.45, 7) is 7.39. The molecule has 5 aromatic rings. The number of fused-ring (bicyclic) bond motifs is 2. The number of aromatic nitrogens is 4. The Hall–Kier alpha value is -5.76. The summed E-state index contributed by atoms with van der Waals surface area (Å²) >= 11 is 0. The van der Waals surface area contributed by atoms with Crippen LogP contribution in [0.1, 0.15) is 115 Å². The highest BCUT2D eigenvalue weighted by molar-refractivity contribution is 8.24. The third kappa shape index (κ3) is 10.9. The zero-order valence-electron chi connectivity index (χ0n) is 40.3. The Morgan fingerprint density at radius 3 is 2.34 bits per heavy atom. The maximum absolute atomic E-state index is 13.9. The average Bonchev–Trinajstić information content (AvgIpc) is 3.68. The number of methoxy groups -OCH3 is 1. The summed E-state index contributed by atoms with van der Waals surface area (Å²) in [4.78, 5) is 67.1. The van der Waals surface area contributed by atoms with E-state index in [0.29, 0.717) is 78.3 Å². The van der Waals surface area contributed by atoms with Gasteiger partial charge in [0.2, 0.25) is 5.91 Å². The van der Waals surface area contributed by atoms with Gasteiger partial charge in [-0.3, -0.25) is 33.0 Å². The van der Waals surface area contributed by atoms with E-state index in [0.717, 1.165) is 122 Å². The molecule has 2 saturated heterocycles. The summed E-state index contributed by atoms with van der Waals surface area (Å²) in [6.07, 6.45) is 4.21. The van der Waals surface area contributed by atoms with Crippen LogP contribution in [0.2, 0.25) is 0 Å². The van der Waals surface area contributed by atoms with E-state index in [1.54, 1.807) is 12.0 Å². The van der Waals surface area contributed by atoms with Crippen molar-refractivity contribution >= 4 is 39.1 Å².